The molecule has 1 saturated heterocycles. The van der Waals surface area contributed by atoms with Gasteiger partial charge in [-0.25, -0.2) is 0 Å². The zero-order valence-electron chi connectivity index (χ0n) is 19.4. The van der Waals surface area contributed by atoms with Gasteiger partial charge in [-0.15, -0.1) is 11.8 Å². The van der Waals surface area contributed by atoms with Crippen molar-refractivity contribution >= 4 is 34.3 Å². The fourth-order valence-electron chi connectivity index (χ4n) is 4.56. The first-order chi connectivity index (χ1) is 16.0. The van der Waals surface area contributed by atoms with Crippen LogP contribution < -0.4 is 4.74 Å². The molecule has 3 aromatic rings. The van der Waals surface area contributed by atoms with Crippen LogP contribution in [0, 0.1) is 5.92 Å². The number of amides is 2. The molecular formula is C27H30N2O3S. The van der Waals surface area contributed by atoms with Gasteiger partial charge in [0, 0.05) is 42.5 Å². The van der Waals surface area contributed by atoms with Crippen LogP contribution in [0.5, 0.6) is 5.75 Å². The van der Waals surface area contributed by atoms with Crippen molar-refractivity contribution in [3.05, 3.63) is 71.8 Å². The van der Waals surface area contributed by atoms with E-state index in [1.54, 1.807) is 23.8 Å². The molecule has 2 amide bonds. The monoisotopic (exact) mass is 462 g/mol. The molecule has 0 spiro atoms. The number of piperidine rings is 1. The van der Waals surface area contributed by atoms with E-state index < -0.39 is 0 Å². The summed E-state index contributed by atoms with van der Waals surface area (Å²) in [5, 5.41) is 1.80. The van der Waals surface area contributed by atoms with Crippen molar-refractivity contribution in [1.29, 1.82) is 0 Å². The van der Waals surface area contributed by atoms with Gasteiger partial charge in [0.15, 0.2) is 0 Å². The van der Waals surface area contributed by atoms with Crippen LogP contribution in [-0.4, -0.2) is 55.1 Å². The van der Waals surface area contributed by atoms with E-state index in [-0.39, 0.29) is 17.7 Å². The van der Waals surface area contributed by atoms with Gasteiger partial charge in [-0.1, -0.05) is 36.4 Å². The summed E-state index contributed by atoms with van der Waals surface area (Å²) < 4.78 is 5.47. The number of nitrogens with zero attached hydrogens (tertiary/aromatic N) is 2. The van der Waals surface area contributed by atoms with E-state index in [2.05, 4.69) is 30.5 Å². The molecule has 0 radical (unpaired) electrons. The van der Waals surface area contributed by atoms with E-state index >= 15 is 0 Å². The number of methoxy groups -OCH3 is 1. The van der Waals surface area contributed by atoms with Crippen LogP contribution in [-0.2, 0) is 11.3 Å². The number of likely N-dealkylation sites (tertiary alicyclic amines) is 1. The molecule has 5 nitrogen and oxygen atoms in total. The van der Waals surface area contributed by atoms with Crippen molar-refractivity contribution in [2.75, 3.05) is 33.5 Å². The van der Waals surface area contributed by atoms with Crippen LogP contribution in [0.15, 0.2) is 65.6 Å². The third kappa shape index (κ3) is 5.01. The Kier molecular flexibility index (Phi) is 7.23. The molecule has 4 rings (SSSR count). The Morgan fingerprint density at radius 3 is 2.48 bits per heavy atom. The molecule has 0 aromatic heterocycles. The molecular weight excluding hydrogens is 432 g/mol. The van der Waals surface area contributed by atoms with Crippen LogP contribution >= 0.6 is 11.8 Å². The average molecular weight is 463 g/mol. The average Bonchev–Trinajstić information content (AvgIpc) is 2.87. The first kappa shape index (κ1) is 23.2. The predicted molar refractivity (Wildman–Crippen MR) is 134 cm³/mol. The number of benzene rings is 3. The Balaban J connectivity index is 1.47. The quantitative estimate of drug-likeness (QED) is 0.479. The number of hydrogen-bond donors (Lipinski definition) is 0. The first-order valence-corrected chi connectivity index (χ1v) is 12.5. The lowest BCUT2D eigenvalue weighted by Gasteiger charge is -2.34. The van der Waals surface area contributed by atoms with E-state index in [4.69, 9.17) is 4.74 Å². The number of carbonyl (C=O) groups excluding carboxylic acids is 2. The summed E-state index contributed by atoms with van der Waals surface area (Å²) in [5.74, 6) is 0.645. The van der Waals surface area contributed by atoms with Crippen molar-refractivity contribution in [2.45, 2.75) is 24.3 Å². The highest BCUT2D eigenvalue weighted by Crippen LogP contribution is 2.30. The highest BCUT2D eigenvalue weighted by Gasteiger charge is 2.31. The minimum atomic E-state index is -0.178. The van der Waals surface area contributed by atoms with Gasteiger partial charge in [-0.3, -0.25) is 9.59 Å². The third-order valence-electron chi connectivity index (χ3n) is 6.35. The number of fused-ring (bicyclic) bond motifs is 1. The summed E-state index contributed by atoms with van der Waals surface area (Å²) in [5.41, 5.74) is 1.76. The maximum absolute atomic E-state index is 13.5. The Bertz CT molecular complexity index is 1150. The van der Waals surface area contributed by atoms with E-state index in [0.717, 1.165) is 34.9 Å². The van der Waals surface area contributed by atoms with Crippen LogP contribution in [0.2, 0.25) is 0 Å². The Morgan fingerprint density at radius 2 is 1.79 bits per heavy atom. The fraction of sp³-hybridized carbons (Fsp3) is 0.333. The molecule has 1 aliphatic heterocycles. The molecule has 3 aromatic carbocycles. The predicted octanol–water partition coefficient (Wildman–Crippen LogP) is 5.08. The summed E-state index contributed by atoms with van der Waals surface area (Å²) in [7, 11) is 3.49. The van der Waals surface area contributed by atoms with Crippen LogP contribution in [0.3, 0.4) is 0 Å². The molecule has 0 aliphatic carbocycles. The number of carbonyl (C=O) groups is 2. The van der Waals surface area contributed by atoms with E-state index in [1.807, 2.05) is 48.3 Å². The summed E-state index contributed by atoms with van der Waals surface area (Å²) >= 11 is 1.70. The largest absolute Gasteiger partial charge is 0.496 e. The SMILES string of the molecule is COc1ccc(C(=O)N2CCC[C@H](C(=O)N(C)Cc3ccc(SC)cc3)C2)c2ccccc12. The first-order valence-electron chi connectivity index (χ1n) is 11.2. The topological polar surface area (TPSA) is 49.9 Å². The Morgan fingerprint density at radius 1 is 1.06 bits per heavy atom. The second-order valence-corrected chi connectivity index (χ2v) is 9.37. The molecule has 172 valence electrons. The smallest absolute Gasteiger partial charge is 0.254 e. The zero-order chi connectivity index (χ0) is 23.4. The Hall–Kier alpha value is -2.99. The molecule has 1 fully saturated rings. The molecule has 33 heavy (non-hydrogen) atoms. The van der Waals surface area contributed by atoms with Gasteiger partial charge in [0.2, 0.25) is 5.91 Å². The normalized spacial score (nSPS) is 16.0. The highest BCUT2D eigenvalue weighted by molar-refractivity contribution is 7.98. The van der Waals surface area contributed by atoms with Crippen molar-refractivity contribution in [3.8, 4) is 5.75 Å². The summed E-state index contributed by atoms with van der Waals surface area (Å²) in [6.07, 6.45) is 3.68. The number of hydrogen-bond acceptors (Lipinski definition) is 4. The van der Waals surface area contributed by atoms with Gasteiger partial charge in [0.1, 0.15) is 5.75 Å². The third-order valence-corrected chi connectivity index (χ3v) is 7.09. The maximum Gasteiger partial charge on any atom is 0.254 e. The summed E-state index contributed by atoms with van der Waals surface area (Å²) in [6, 6.07) is 19.8. The minimum Gasteiger partial charge on any atom is -0.496 e. The molecule has 0 N–H and O–H groups in total. The molecule has 0 saturated carbocycles. The molecule has 0 unspecified atom stereocenters. The van der Waals surface area contributed by atoms with Crippen molar-refractivity contribution < 1.29 is 14.3 Å². The Labute approximate surface area is 199 Å². The van der Waals surface area contributed by atoms with Crippen molar-refractivity contribution in [3.63, 3.8) is 0 Å². The lowest BCUT2D eigenvalue weighted by molar-refractivity contribution is -0.136. The van der Waals surface area contributed by atoms with Gasteiger partial charge < -0.3 is 14.5 Å². The lowest BCUT2D eigenvalue weighted by Crippen LogP contribution is -2.45. The van der Waals surface area contributed by atoms with E-state index in [1.165, 1.54) is 4.90 Å². The van der Waals surface area contributed by atoms with Crippen molar-refractivity contribution in [2.24, 2.45) is 5.92 Å². The molecule has 0 bridgehead atoms. The van der Waals surface area contributed by atoms with E-state index in [9.17, 15) is 9.59 Å². The van der Waals surface area contributed by atoms with Gasteiger partial charge in [0.25, 0.3) is 5.91 Å². The molecule has 1 aliphatic rings. The standard InChI is InChI=1S/C27H30N2O3S/c1-28(17-19-10-12-21(33-3)13-11-19)26(30)20-7-6-16-29(18-20)27(31)24-14-15-25(32-2)23-9-5-4-8-22(23)24/h4-5,8-15,20H,6-7,16-18H2,1-3H3/t20-/m0/s1. The maximum atomic E-state index is 13.5. The number of ether oxygens (including phenoxy) is 1. The number of thioether (sulfide) groups is 1. The van der Waals surface area contributed by atoms with E-state index in [0.29, 0.717) is 25.2 Å². The van der Waals surface area contributed by atoms with Gasteiger partial charge in [-0.05, 0) is 54.3 Å². The minimum absolute atomic E-state index is 0.0262. The highest BCUT2D eigenvalue weighted by atomic mass is 32.2. The zero-order valence-corrected chi connectivity index (χ0v) is 20.2. The van der Waals surface area contributed by atoms with Gasteiger partial charge in [-0.2, -0.15) is 0 Å². The summed E-state index contributed by atoms with van der Waals surface area (Å²) in [4.78, 5) is 31.5. The van der Waals surface area contributed by atoms with Gasteiger partial charge >= 0.3 is 0 Å². The number of rotatable bonds is 6. The van der Waals surface area contributed by atoms with Crippen LogP contribution in [0.25, 0.3) is 10.8 Å². The fourth-order valence-corrected chi connectivity index (χ4v) is 4.97. The second-order valence-electron chi connectivity index (χ2n) is 8.49. The van der Waals surface area contributed by atoms with Crippen molar-refractivity contribution in [1.82, 2.24) is 9.80 Å². The van der Waals surface area contributed by atoms with Crippen LogP contribution in [0.1, 0.15) is 28.8 Å². The van der Waals surface area contributed by atoms with Gasteiger partial charge in [0.05, 0.1) is 13.0 Å². The summed E-state index contributed by atoms with van der Waals surface area (Å²) in [6.45, 7) is 1.69. The lowest BCUT2D eigenvalue weighted by atomic mass is 9.95. The molecule has 1 atom stereocenters. The molecule has 6 heteroatoms. The second kappa shape index (κ2) is 10.3. The molecule has 1 heterocycles. The van der Waals surface area contributed by atoms with Crippen LogP contribution in [0.4, 0.5) is 0 Å².